The van der Waals surface area contributed by atoms with Crippen LogP contribution in [0.3, 0.4) is 0 Å². The summed E-state index contributed by atoms with van der Waals surface area (Å²) in [6.07, 6.45) is 2.23. The Morgan fingerprint density at radius 3 is 2.25 bits per heavy atom. The van der Waals surface area contributed by atoms with Crippen LogP contribution >= 0.6 is 0 Å². The van der Waals surface area contributed by atoms with Crippen LogP contribution in [0.4, 0.5) is 0 Å². The van der Waals surface area contributed by atoms with E-state index >= 15 is 0 Å². The topological polar surface area (TPSA) is 12.0 Å². The van der Waals surface area contributed by atoms with E-state index in [2.05, 4.69) is 32.0 Å². The Balaban J connectivity index is 3.61. The fourth-order valence-electron chi connectivity index (χ4n) is 0.825. The Hall–Kier alpha value is -0.980. The second kappa shape index (κ2) is 5.64. The lowest BCUT2D eigenvalue weighted by Gasteiger charge is -2.10. The Bertz CT molecular complexity index is 189. The van der Waals surface area contributed by atoms with Crippen LogP contribution in [-0.4, -0.2) is 6.54 Å². The van der Waals surface area contributed by atoms with E-state index in [4.69, 9.17) is 0 Å². The molecule has 0 aromatic rings. The third-order valence-corrected chi connectivity index (χ3v) is 1.67. The highest BCUT2D eigenvalue weighted by atomic mass is 14.9. The summed E-state index contributed by atoms with van der Waals surface area (Å²) in [5.74, 6) is 0. The zero-order chi connectivity index (χ0) is 9.56. The highest BCUT2D eigenvalue weighted by Crippen LogP contribution is 2.03. The fraction of sp³-hybridized carbons (Fsp3) is 0.455. The van der Waals surface area contributed by atoms with Gasteiger partial charge in [0.2, 0.25) is 0 Å². The second-order valence-corrected chi connectivity index (χ2v) is 3.11. The number of rotatable bonds is 6. The van der Waals surface area contributed by atoms with Gasteiger partial charge < -0.3 is 5.32 Å². The lowest BCUT2D eigenvalue weighted by Crippen LogP contribution is -2.15. The third-order valence-electron chi connectivity index (χ3n) is 1.67. The first kappa shape index (κ1) is 11.0. The molecule has 0 heterocycles. The Morgan fingerprint density at radius 1 is 1.25 bits per heavy atom. The van der Waals surface area contributed by atoms with Gasteiger partial charge in [-0.15, -0.1) is 0 Å². The molecule has 1 heteroatoms. The van der Waals surface area contributed by atoms with E-state index in [1.165, 1.54) is 5.57 Å². The average molecular weight is 165 g/mol. The van der Waals surface area contributed by atoms with Gasteiger partial charge in [0.15, 0.2) is 0 Å². The summed E-state index contributed by atoms with van der Waals surface area (Å²) >= 11 is 0. The molecule has 0 aromatic carbocycles. The molecule has 1 N–H and O–H groups in total. The van der Waals surface area contributed by atoms with Crippen molar-refractivity contribution >= 4 is 0 Å². The summed E-state index contributed by atoms with van der Waals surface area (Å²) in [7, 11) is 0. The first-order valence-corrected chi connectivity index (χ1v) is 4.33. The molecule has 12 heavy (non-hydrogen) atoms. The molecular weight excluding hydrogens is 146 g/mol. The summed E-state index contributed by atoms with van der Waals surface area (Å²) < 4.78 is 0. The summed E-state index contributed by atoms with van der Waals surface area (Å²) in [5.41, 5.74) is 3.12. The van der Waals surface area contributed by atoms with Crippen LogP contribution in [0.1, 0.15) is 26.7 Å². The van der Waals surface area contributed by atoms with Gasteiger partial charge in [0.25, 0.3) is 0 Å². The molecule has 0 spiro atoms. The minimum absolute atomic E-state index is 0.819. The van der Waals surface area contributed by atoms with Crippen LogP contribution in [0, 0.1) is 0 Å². The Kier molecular flexibility index (Phi) is 5.18. The average Bonchev–Trinajstić information content (AvgIpc) is 2.00. The van der Waals surface area contributed by atoms with Crippen LogP contribution in [0.5, 0.6) is 0 Å². The molecule has 0 aliphatic heterocycles. The van der Waals surface area contributed by atoms with Crippen molar-refractivity contribution in [2.75, 3.05) is 6.54 Å². The summed E-state index contributed by atoms with van der Waals surface area (Å²) in [6, 6.07) is 0. The van der Waals surface area contributed by atoms with E-state index in [0.717, 1.165) is 30.7 Å². The number of hydrogen-bond acceptors (Lipinski definition) is 1. The van der Waals surface area contributed by atoms with Gasteiger partial charge in [-0.1, -0.05) is 38.7 Å². The maximum absolute atomic E-state index is 3.94. The maximum atomic E-state index is 3.94. The predicted molar refractivity (Wildman–Crippen MR) is 56.0 cm³/mol. The summed E-state index contributed by atoms with van der Waals surface area (Å²) in [5, 5.41) is 3.17. The van der Waals surface area contributed by atoms with Gasteiger partial charge >= 0.3 is 0 Å². The quantitative estimate of drug-likeness (QED) is 0.471. The zero-order valence-electron chi connectivity index (χ0n) is 8.24. The standard InChI is InChI=1S/C11H19N/c1-6-7-10(4)8-12-11(5)9(2)3/h12H,2,4-8H2,1,3H3. The number of nitrogens with one attached hydrogen (secondary N) is 1. The second-order valence-electron chi connectivity index (χ2n) is 3.11. The largest absolute Gasteiger partial charge is 0.382 e. The molecule has 0 aromatic heterocycles. The molecule has 1 nitrogen and oxygen atoms in total. The van der Waals surface area contributed by atoms with Gasteiger partial charge in [-0.3, -0.25) is 0 Å². The molecule has 0 saturated heterocycles. The predicted octanol–water partition coefficient (Wildman–Crippen LogP) is 3.02. The van der Waals surface area contributed by atoms with Crippen molar-refractivity contribution in [1.29, 1.82) is 0 Å². The van der Waals surface area contributed by atoms with Crippen molar-refractivity contribution in [2.24, 2.45) is 0 Å². The Labute approximate surface area is 75.9 Å². The van der Waals surface area contributed by atoms with Crippen LogP contribution in [0.15, 0.2) is 36.6 Å². The Morgan fingerprint density at radius 2 is 1.83 bits per heavy atom. The zero-order valence-corrected chi connectivity index (χ0v) is 8.24. The first-order valence-electron chi connectivity index (χ1n) is 4.33. The number of allylic oxidation sites excluding steroid dienone is 1. The van der Waals surface area contributed by atoms with Crippen molar-refractivity contribution in [3.8, 4) is 0 Å². The minimum Gasteiger partial charge on any atom is -0.382 e. The first-order chi connectivity index (χ1) is 5.57. The van der Waals surface area contributed by atoms with E-state index in [1.807, 2.05) is 6.92 Å². The monoisotopic (exact) mass is 165 g/mol. The van der Waals surface area contributed by atoms with Crippen LogP contribution in [0.2, 0.25) is 0 Å². The molecule has 0 unspecified atom stereocenters. The van der Waals surface area contributed by atoms with Crippen molar-refractivity contribution in [3.05, 3.63) is 36.6 Å². The van der Waals surface area contributed by atoms with Gasteiger partial charge in [0.1, 0.15) is 0 Å². The van der Waals surface area contributed by atoms with Crippen LogP contribution in [-0.2, 0) is 0 Å². The van der Waals surface area contributed by atoms with E-state index in [9.17, 15) is 0 Å². The van der Waals surface area contributed by atoms with Gasteiger partial charge in [-0.2, -0.15) is 0 Å². The third kappa shape index (κ3) is 4.78. The van der Waals surface area contributed by atoms with Gasteiger partial charge in [0.05, 0.1) is 0 Å². The van der Waals surface area contributed by atoms with E-state index in [1.54, 1.807) is 0 Å². The SMILES string of the molecule is C=C(CCC)CNC(=C)C(=C)C. The van der Waals surface area contributed by atoms with Crippen molar-refractivity contribution < 1.29 is 0 Å². The molecule has 0 bridgehead atoms. The molecule has 0 saturated carbocycles. The molecule has 0 atom stereocenters. The van der Waals surface area contributed by atoms with Crippen LogP contribution < -0.4 is 5.32 Å². The minimum atomic E-state index is 0.819. The van der Waals surface area contributed by atoms with Crippen molar-refractivity contribution in [2.45, 2.75) is 26.7 Å². The molecular formula is C11H19N. The summed E-state index contributed by atoms with van der Waals surface area (Å²) in [6.45, 7) is 16.5. The van der Waals surface area contributed by atoms with Crippen molar-refractivity contribution in [1.82, 2.24) is 5.32 Å². The van der Waals surface area contributed by atoms with Gasteiger partial charge in [0, 0.05) is 12.2 Å². The molecule has 0 amide bonds. The molecule has 0 radical (unpaired) electrons. The lowest BCUT2D eigenvalue weighted by molar-refractivity contribution is 0.808. The number of hydrogen-bond donors (Lipinski definition) is 1. The van der Waals surface area contributed by atoms with Gasteiger partial charge in [-0.25, -0.2) is 0 Å². The maximum Gasteiger partial charge on any atom is 0.0357 e. The molecule has 0 aliphatic carbocycles. The lowest BCUT2D eigenvalue weighted by atomic mass is 10.1. The fourth-order valence-corrected chi connectivity index (χ4v) is 0.825. The van der Waals surface area contributed by atoms with Gasteiger partial charge in [-0.05, 0) is 18.9 Å². The molecule has 68 valence electrons. The van der Waals surface area contributed by atoms with Crippen molar-refractivity contribution in [3.63, 3.8) is 0 Å². The molecule has 0 rings (SSSR count). The highest BCUT2D eigenvalue weighted by molar-refractivity contribution is 5.21. The normalized spacial score (nSPS) is 9.17. The molecule has 0 fully saturated rings. The summed E-state index contributed by atoms with van der Waals surface area (Å²) in [4.78, 5) is 0. The molecule has 0 aliphatic rings. The smallest absolute Gasteiger partial charge is 0.0357 e. The van der Waals surface area contributed by atoms with E-state index < -0.39 is 0 Å². The van der Waals surface area contributed by atoms with E-state index in [0.29, 0.717) is 0 Å². The van der Waals surface area contributed by atoms with E-state index in [-0.39, 0.29) is 0 Å². The van der Waals surface area contributed by atoms with Crippen LogP contribution in [0.25, 0.3) is 0 Å². The highest BCUT2D eigenvalue weighted by Gasteiger charge is 1.95.